The summed E-state index contributed by atoms with van der Waals surface area (Å²) in [5.41, 5.74) is 1.71. The first-order chi connectivity index (χ1) is 7.40. The van der Waals surface area contributed by atoms with Crippen LogP contribution in [0.1, 0.15) is 19.8 Å². The third-order valence-corrected chi connectivity index (χ3v) is 2.17. The van der Waals surface area contributed by atoms with Crippen LogP contribution in [0, 0.1) is 0 Å². The van der Waals surface area contributed by atoms with Crippen molar-refractivity contribution in [2.24, 2.45) is 0 Å². The summed E-state index contributed by atoms with van der Waals surface area (Å²) in [5, 5.41) is 3.19. The van der Waals surface area contributed by atoms with Gasteiger partial charge in [0.15, 0.2) is 0 Å². The van der Waals surface area contributed by atoms with E-state index in [1.54, 1.807) is 12.4 Å². The molecule has 0 saturated heterocycles. The predicted octanol–water partition coefficient (Wildman–Crippen LogP) is 2.24. The second-order valence-corrected chi connectivity index (χ2v) is 3.38. The van der Waals surface area contributed by atoms with Crippen molar-refractivity contribution in [1.29, 1.82) is 0 Å². The number of pyridine rings is 1. The third kappa shape index (κ3) is 2.40. The van der Waals surface area contributed by atoms with Crippen LogP contribution in [-0.2, 0) is 0 Å². The lowest BCUT2D eigenvalue weighted by molar-refractivity contribution is 0.827. The number of fused-ring (bicyclic) bond motifs is 1. The highest BCUT2D eigenvalue weighted by Crippen LogP contribution is 2.08. The highest BCUT2D eigenvalue weighted by molar-refractivity contribution is 5.73. The van der Waals surface area contributed by atoms with Gasteiger partial charge in [0.2, 0.25) is 5.95 Å². The molecule has 4 heteroatoms. The average Bonchev–Trinajstić information content (AvgIpc) is 2.29. The molecule has 78 valence electrons. The lowest BCUT2D eigenvalue weighted by atomic mass is 10.3. The van der Waals surface area contributed by atoms with Crippen molar-refractivity contribution in [2.45, 2.75) is 19.8 Å². The van der Waals surface area contributed by atoms with Crippen molar-refractivity contribution >= 4 is 17.0 Å². The lowest BCUT2D eigenvalue weighted by Crippen LogP contribution is -2.04. The average molecular weight is 202 g/mol. The minimum absolute atomic E-state index is 0.684. The number of nitrogens with one attached hydrogen (secondary N) is 1. The standard InChI is InChI=1S/C11H14N4/c1-2-3-6-13-11-14-8-10-9(15-11)5-4-7-12-10/h4-5,7-8H,2-3,6H2,1H3,(H,13,14,15). The number of rotatable bonds is 4. The molecule has 4 nitrogen and oxygen atoms in total. The van der Waals surface area contributed by atoms with Gasteiger partial charge in [-0.25, -0.2) is 9.97 Å². The first kappa shape index (κ1) is 9.83. The van der Waals surface area contributed by atoms with Crippen LogP contribution in [0.4, 0.5) is 5.95 Å². The molecule has 0 bridgehead atoms. The van der Waals surface area contributed by atoms with E-state index in [2.05, 4.69) is 27.2 Å². The first-order valence-electron chi connectivity index (χ1n) is 5.22. The van der Waals surface area contributed by atoms with E-state index in [-0.39, 0.29) is 0 Å². The summed E-state index contributed by atoms with van der Waals surface area (Å²) in [4.78, 5) is 12.7. The molecule has 15 heavy (non-hydrogen) atoms. The van der Waals surface area contributed by atoms with Crippen molar-refractivity contribution in [1.82, 2.24) is 15.0 Å². The molecular weight excluding hydrogens is 188 g/mol. The van der Waals surface area contributed by atoms with E-state index in [0.717, 1.165) is 24.0 Å². The van der Waals surface area contributed by atoms with E-state index in [9.17, 15) is 0 Å². The predicted molar refractivity (Wildman–Crippen MR) is 60.7 cm³/mol. The molecule has 0 radical (unpaired) electrons. The first-order valence-corrected chi connectivity index (χ1v) is 5.22. The zero-order chi connectivity index (χ0) is 10.5. The fraction of sp³-hybridized carbons (Fsp3) is 0.364. The SMILES string of the molecule is CCCCNc1ncc2ncccc2n1. The number of hydrogen-bond donors (Lipinski definition) is 1. The second-order valence-electron chi connectivity index (χ2n) is 3.38. The van der Waals surface area contributed by atoms with Gasteiger partial charge in [0, 0.05) is 12.7 Å². The molecule has 2 rings (SSSR count). The maximum Gasteiger partial charge on any atom is 0.223 e. The van der Waals surface area contributed by atoms with Crippen LogP contribution in [-0.4, -0.2) is 21.5 Å². The smallest absolute Gasteiger partial charge is 0.223 e. The summed E-state index contributed by atoms with van der Waals surface area (Å²) in [5.74, 6) is 0.684. The van der Waals surface area contributed by atoms with Crippen LogP contribution in [0.25, 0.3) is 11.0 Å². The Labute approximate surface area is 88.8 Å². The molecule has 0 unspecified atom stereocenters. The minimum Gasteiger partial charge on any atom is -0.354 e. The van der Waals surface area contributed by atoms with Gasteiger partial charge in [-0.3, -0.25) is 4.98 Å². The Morgan fingerprint density at radius 1 is 1.27 bits per heavy atom. The fourth-order valence-corrected chi connectivity index (χ4v) is 1.33. The van der Waals surface area contributed by atoms with Gasteiger partial charge in [-0.15, -0.1) is 0 Å². The Kier molecular flexibility index (Phi) is 3.07. The van der Waals surface area contributed by atoms with Gasteiger partial charge in [0.25, 0.3) is 0 Å². The van der Waals surface area contributed by atoms with E-state index >= 15 is 0 Å². The van der Waals surface area contributed by atoms with Gasteiger partial charge in [-0.05, 0) is 18.6 Å². The summed E-state index contributed by atoms with van der Waals surface area (Å²) in [7, 11) is 0. The number of anilines is 1. The molecule has 0 aliphatic rings. The Morgan fingerprint density at radius 2 is 2.20 bits per heavy atom. The van der Waals surface area contributed by atoms with Crippen LogP contribution >= 0.6 is 0 Å². The van der Waals surface area contributed by atoms with Crippen LogP contribution < -0.4 is 5.32 Å². The zero-order valence-electron chi connectivity index (χ0n) is 8.77. The molecule has 2 aromatic rings. The highest BCUT2D eigenvalue weighted by atomic mass is 15.1. The van der Waals surface area contributed by atoms with E-state index < -0.39 is 0 Å². The van der Waals surface area contributed by atoms with Gasteiger partial charge >= 0.3 is 0 Å². The Bertz CT molecular complexity index is 441. The van der Waals surface area contributed by atoms with Crippen molar-refractivity contribution in [2.75, 3.05) is 11.9 Å². The third-order valence-electron chi connectivity index (χ3n) is 2.17. The van der Waals surface area contributed by atoms with Crippen molar-refractivity contribution in [3.63, 3.8) is 0 Å². The largest absolute Gasteiger partial charge is 0.354 e. The van der Waals surface area contributed by atoms with E-state index in [1.807, 2.05) is 12.1 Å². The van der Waals surface area contributed by atoms with Gasteiger partial charge in [0.1, 0.15) is 5.52 Å². The molecule has 0 spiro atoms. The second kappa shape index (κ2) is 4.68. The quantitative estimate of drug-likeness (QED) is 0.772. The van der Waals surface area contributed by atoms with Crippen molar-refractivity contribution < 1.29 is 0 Å². The molecule has 0 amide bonds. The monoisotopic (exact) mass is 202 g/mol. The van der Waals surface area contributed by atoms with Gasteiger partial charge in [-0.2, -0.15) is 0 Å². The van der Waals surface area contributed by atoms with Gasteiger partial charge in [0.05, 0.1) is 11.7 Å². The molecule has 2 aromatic heterocycles. The number of hydrogen-bond acceptors (Lipinski definition) is 4. The van der Waals surface area contributed by atoms with Crippen LogP contribution in [0.2, 0.25) is 0 Å². The van der Waals surface area contributed by atoms with Crippen LogP contribution in [0.3, 0.4) is 0 Å². The summed E-state index contributed by atoms with van der Waals surface area (Å²) in [6.07, 6.45) is 5.79. The Balaban J connectivity index is 2.16. The number of nitrogens with zero attached hydrogens (tertiary/aromatic N) is 3. The van der Waals surface area contributed by atoms with Crippen molar-refractivity contribution in [3.8, 4) is 0 Å². The number of aromatic nitrogens is 3. The lowest BCUT2D eigenvalue weighted by Gasteiger charge is -2.03. The summed E-state index contributed by atoms with van der Waals surface area (Å²) < 4.78 is 0. The number of unbranched alkanes of at least 4 members (excludes halogenated alkanes) is 1. The van der Waals surface area contributed by atoms with E-state index in [0.29, 0.717) is 5.95 Å². The molecule has 0 fully saturated rings. The topological polar surface area (TPSA) is 50.7 Å². The van der Waals surface area contributed by atoms with Crippen LogP contribution in [0.5, 0.6) is 0 Å². The van der Waals surface area contributed by atoms with Crippen molar-refractivity contribution in [3.05, 3.63) is 24.5 Å². The van der Waals surface area contributed by atoms with Crippen LogP contribution in [0.15, 0.2) is 24.5 Å². The summed E-state index contributed by atoms with van der Waals surface area (Å²) >= 11 is 0. The molecule has 0 saturated carbocycles. The van der Waals surface area contributed by atoms with E-state index in [1.165, 1.54) is 6.42 Å². The highest BCUT2D eigenvalue weighted by Gasteiger charge is 1.98. The molecule has 1 N–H and O–H groups in total. The molecule has 2 heterocycles. The zero-order valence-corrected chi connectivity index (χ0v) is 8.77. The molecule has 0 aliphatic carbocycles. The maximum atomic E-state index is 4.36. The van der Waals surface area contributed by atoms with Gasteiger partial charge < -0.3 is 5.32 Å². The van der Waals surface area contributed by atoms with Gasteiger partial charge in [-0.1, -0.05) is 13.3 Å². The normalized spacial score (nSPS) is 10.5. The maximum absolute atomic E-state index is 4.36. The minimum atomic E-state index is 0.684. The molecule has 0 atom stereocenters. The molecular formula is C11H14N4. The van der Waals surface area contributed by atoms with E-state index in [4.69, 9.17) is 0 Å². The summed E-state index contributed by atoms with van der Waals surface area (Å²) in [6.45, 7) is 3.08. The Morgan fingerprint density at radius 3 is 3.07 bits per heavy atom. The molecule has 0 aliphatic heterocycles. The molecule has 0 aromatic carbocycles. The summed E-state index contributed by atoms with van der Waals surface area (Å²) in [6, 6.07) is 3.82. The fourth-order valence-electron chi connectivity index (χ4n) is 1.33. The Hall–Kier alpha value is -1.71.